The second-order valence-corrected chi connectivity index (χ2v) is 6.83. The van der Waals surface area contributed by atoms with E-state index in [1.54, 1.807) is 30.6 Å². The lowest BCUT2D eigenvalue weighted by Gasteiger charge is -2.35. The number of amides is 3. The third-order valence-corrected chi connectivity index (χ3v) is 3.38. The molecule has 22 heavy (non-hydrogen) atoms. The first-order valence-corrected chi connectivity index (χ1v) is 7.61. The number of ether oxygens (including phenoxy) is 1. The Kier molecular flexibility index (Phi) is 6.20. The first kappa shape index (κ1) is 18.3. The molecule has 0 aromatic heterocycles. The summed E-state index contributed by atoms with van der Waals surface area (Å²) in [5.74, 6) is -0.185. The van der Waals surface area contributed by atoms with Gasteiger partial charge in [-0.05, 0) is 26.7 Å². The molecule has 7 heteroatoms. The van der Waals surface area contributed by atoms with E-state index in [0.717, 1.165) is 6.41 Å². The maximum atomic E-state index is 12.6. The van der Waals surface area contributed by atoms with E-state index < -0.39 is 17.7 Å². The van der Waals surface area contributed by atoms with Crippen LogP contribution in [0.2, 0.25) is 0 Å². The Morgan fingerprint density at radius 2 is 1.68 bits per heavy atom. The van der Waals surface area contributed by atoms with Crippen LogP contribution in [0.1, 0.15) is 34.6 Å². The summed E-state index contributed by atoms with van der Waals surface area (Å²) in [6.07, 6.45) is 0.201. The van der Waals surface area contributed by atoms with Crippen LogP contribution in [0.5, 0.6) is 0 Å². The van der Waals surface area contributed by atoms with Gasteiger partial charge in [0.15, 0.2) is 0 Å². The summed E-state index contributed by atoms with van der Waals surface area (Å²) in [6, 6.07) is -0.627. The summed E-state index contributed by atoms with van der Waals surface area (Å²) in [4.78, 5) is 38.5. The Morgan fingerprint density at radius 1 is 1.14 bits per heavy atom. The average Bonchev–Trinajstić information content (AvgIpc) is 2.42. The van der Waals surface area contributed by atoms with Crippen molar-refractivity contribution in [2.45, 2.75) is 46.3 Å². The van der Waals surface area contributed by atoms with Crippen molar-refractivity contribution >= 4 is 18.4 Å². The van der Waals surface area contributed by atoms with Crippen molar-refractivity contribution in [1.29, 1.82) is 0 Å². The van der Waals surface area contributed by atoms with Crippen LogP contribution in [0.3, 0.4) is 0 Å². The lowest BCUT2D eigenvalue weighted by atomic mass is 10.0. The van der Waals surface area contributed by atoms with Crippen LogP contribution in [0.25, 0.3) is 0 Å². The number of piperazine rings is 1. The average molecular weight is 313 g/mol. The number of rotatable bonds is 4. The van der Waals surface area contributed by atoms with Gasteiger partial charge in [0.1, 0.15) is 11.6 Å². The smallest absolute Gasteiger partial charge is 0.408 e. The van der Waals surface area contributed by atoms with Gasteiger partial charge in [0.05, 0.1) is 0 Å². The molecule has 0 aromatic rings. The van der Waals surface area contributed by atoms with Crippen LogP contribution < -0.4 is 5.32 Å². The highest BCUT2D eigenvalue weighted by Gasteiger charge is 2.31. The van der Waals surface area contributed by atoms with Crippen LogP contribution >= 0.6 is 0 Å². The van der Waals surface area contributed by atoms with Gasteiger partial charge in [-0.1, -0.05) is 13.8 Å². The van der Waals surface area contributed by atoms with Crippen molar-refractivity contribution in [3.05, 3.63) is 0 Å². The standard InChI is InChI=1S/C15H27N3O4/c1-11(2)12(16-14(21)22-15(3,4)5)13(20)18-8-6-17(10-19)7-9-18/h10-12H,6-9H2,1-5H3,(H,16,21). The fourth-order valence-corrected chi connectivity index (χ4v) is 2.19. The van der Waals surface area contributed by atoms with Crippen LogP contribution in [-0.4, -0.2) is 66.0 Å². The van der Waals surface area contributed by atoms with E-state index in [1.807, 2.05) is 13.8 Å². The molecule has 0 saturated carbocycles. The molecular formula is C15H27N3O4. The molecule has 1 fully saturated rings. The molecule has 0 aromatic carbocycles. The fourth-order valence-electron chi connectivity index (χ4n) is 2.19. The van der Waals surface area contributed by atoms with Crippen molar-refractivity contribution in [1.82, 2.24) is 15.1 Å². The molecule has 0 aliphatic carbocycles. The van der Waals surface area contributed by atoms with Crippen molar-refractivity contribution in [3.8, 4) is 0 Å². The molecule has 0 spiro atoms. The Morgan fingerprint density at radius 3 is 2.09 bits per heavy atom. The monoisotopic (exact) mass is 313 g/mol. The van der Waals surface area contributed by atoms with E-state index in [-0.39, 0.29) is 11.8 Å². The van der Waals surface area contributed by atoms with Gasteiger partial charge < -0.3 is 19.9 Å². The minimum Gasteiger partial charge on any atom is -0.444 e. The van der Waals surface area contributed by atoms with Gasteiger partial charge >= 0.3 is 6.09 Å². The zero-order valence-corrected chi connectivity index (χ0v) is 14.1. The van der Waals surface area contributed by atoms with Gasteiger partial charge in [0.25, 0.3) is 0 Å². The Hall–Kier alpha value is -1.79. The van der Waals surface area contributed by atoms with E-state index in [9.17, 15) is 14.4 Å². The van der Waals surface area contributed by atoms with Crippen LogP contribution in [0, 0.1) is 5.92 Å². The Bertz CT molecular complexity index is 410. The number of alkyl carbamates (subject to hydrolysis) is 1. The zero-order chi connectivity index (χ0) is 16.9. The van der Waals surface area contributed by atoms with Crippen molar-refractivity contribution in [2.75, 3.05) is 26.2 Å². The number of nitrogens with one attached hydrogen (secondary N) is 1. The highest BCUT2D eigenvalue weighted by molar-refractivity contribution is 5.86. The number of hydrogen-bond acceptors (Lipinski definition) is 4. The van der Waals surface area contributed by atoms with Crippen molar-refractivity contribution in [2.24, 2.45) is 5.92 Å². The molecule has 1 unspecified atom stereocenters. The molecule has 0 bridgehead atoms. The van der Waals surface area contributed by atoms with E-state index >= 15 is 0 Å². The van der Waals surface area contributed by atoms with Gasteiger partial charge in [-0.15, -0.1) is 0 Å². The first-order chi connectivity index (χ1) is 10.1. The Labute approximate surface area is 132 Å². The minimum absolute atomic E-state index is 0.0517. The van der Waals surface area contributed by atoms with Crippen LogP contribution in [0.4, 0.5) is 4.79 Å². The molecular weight excluding hydrogens is 286 g/mol. The molecule has 1 aliphatic heterocycles. The second-order valence-electron chi connectivity index (χ2n) is 6.83. The molecule has 1 heterocycles. The lowest BCUT2D eigenvalue weighted by Crippen LogP contribution is -2.56. The molecule has 7 nitrogen and oxygen atoms in total. The predicted molar refractivity (Wildman–Crippen MR) is 82.2 cm³/mol. The largest absolute Gasteiger partial charge is 0.444 e. The normalized spacial score (nSPS) is 17.2. The van der Waals surface area contributed by atoms with Crippen LogP contribution in [0.15, 0.2) is 0 Å². The molecule has 1 rings (SSSR count). The number of hydrogen-bond donors (Lipinski definition) is 1. The van der Waals surface area contributed by atoms with Gasteiger partial charge in [0, 0.05) is 26.2 Å². The quantitative estimate of drug-likeness (QED) is 0.780. The number of nitrogens with zero attached hydrogens (tertiary/aromatic N) is 2. The summed E-state index contributed by atoms with van der Waals surface area (Å²) in [7, 11) is 0. The highest BCUT2D eigenvalue weighted by atomic mass is 16.6. The van der Waals surface area contributed by atoms with Gasteiger partial charge in [-0.2, -0.15) is 0 Å². The second kappa shape index (κ2) is 7.47. The van der Waals surface area contributed by atoms with Gasteiger partial charge in [-0.25, -0.2) is 4.79 Å². The molecule has 3 amide bonds. The fraction of sp³-hybridized carbons (Fsp3) is 0.800. The minimum atomic E-state index is -0.627. The van der Waals surface area contributed by atoms with E-state index in [0.29, 0.717) is 26.2 Å². The Balaban J connectivity index is 2.65. The molecule has 126 valence electrons. The van der Waals surface area contributed by atoms with Gasteiger partial charge in [0.2, 0.25) is 12.3 Å². The summed E-state index contributed by atoms with van der Waals surface area (Å²) in [5, 5.41) is 2.66. The third-order valence-electron chi connectivity index (χ3n) is 3.38. The lowest BCUT2D eigenvalue weighted by molar-refractivity contribution is -0.138. The van der Waals surface area contributed by atoms with Crippen LogP contribution in [-0.2, 0) is 14.3 Å². The topological polar surface area (TPSA) is 79.0 Å². The van der Waals surface area contributed by atoms with E-state index in [1.165, 1.54) is 0 Å². The number of carbonyl (C=O) groups excluding carboxylic acids is 3. The number of carbonyl (C=O) groups is 3. The van der Waals surface area contributed by atoms with Crippen molar-refractivity contribution in [3.63, 3.8) is 0 Å². The summed E-state index contributed by atoms with van der Waals surface area (Å²) < 4.78 is 5.21. The highest BCUT2D eigenvalue weighted by Crippen LogP contribution is 2.12. The van der Waals surface area contributed by atoms with Gasteiger partial charge in [-0.3, -0.25) is 9.59 Å². The van der Waals surface area contributed by atoms with E-state index in [4.69, 9.17) is 4.74 Å². The maximum absolute atomic E-state index is 12.6. The molecule has 1 aliphatic rings. The predicted octanol–water partition coefficient (Wildman–Crippen LogP) is 0.836. The molecule has 0 radical (unpaired) electrons. The zero-order valence-electron chi connectivity index (χ0n) is 14.1. The molecule has 1 N–H and O–H groups in total. The van der Waals surface area contributed by atoms with E-state index in [2.05, 4.69) is 5.32 Å². The SMILES string of the molecule is CC(C)C(NC(=O)OC(C)(C)C)C(=O)N1CCN(C=O)CC1. The third kappa shape index (κ3) is 5.54. The van der Waals surface area contributed by atoms with Crippen molar-refractivity contribution < 1.29 is 19.1 Å². The molecule has 1 atom stereocenters. The summed E-state index contributed by atoms with van der Waals surface area (Å²) in [5.41, 5.74) is -0.607. The summed E-state index contributed by atoms with van der Waals surface area (Å²) in [6.45, 7) is 11.1. The summed E-state index contributed by atoms with van der Waals surface area (Å²) >= 11 is 0. The maximum Gasteiger partial charge on any atom is 0.408 e. The first-order valence-electron chi connectivity index (χ1n) is 7.61. The molecule has 1 saturated heterocycles.